The second kappa shape index (κ2) is 6.17. The average molecular weight is 236 g/mol. The van der Waals surface area contributed by atoms with Gasteiger partial charge in [-0.05, 0) is 24.0 Å². The Kier molecular flexibility index (Phi) is 4.85. The molecule has 0 bridgehead atoms. The fraction of sp³-hybridized carbons (Fsp3) is 0.273. The van der Waals surface area contributed by atoms with Gasteiger partial charge in [-0.2, -0.15) is 5.10 Å². The first-order valence-corrected chi connectivity index (χ1v) is 6.03. The summed E-state index contributed by atoms with van der Waals surface area (Å²) in [5, 5.41) is 4.11. The lowest BCUT2D eigenvalue weighted by atomic mass is 10.2. The molecule has 4 nitrogen and oxygen atoms in total. The minimum Gasteiger partial charge on any atom is -0.378 e. The molecule has 0 saturated carbocycles. The third-order valence-corrected chi connectivity index (χ3v) is 2.60. The molecule has 0 atom stereocenters. The van der Waals surface area contributed by atoms with Crippen molar-refractivity contribution in [3.05, 3.63) is 29.8 Å². The molecule has 0 aromatic heterocycles. The van der Waals surface area contributed by atoms with Gasteiger partial charge in [-0.1, -0.05) is 23.9 Å². The molecule has 1 rings (SSSR count). The molecule has 0 fully saturated rings. The van der Waals surface area contributed by atoms with E-state index in [1.54, 1.807) is 6.21 Å². The molecule has 0 spiro atoms. The third kappa shape index (κ3) is 3.58. The van der Waals surface area contributed by atoms with E-state index in [0.29, 0.717) is 5.17 Å². The van der Waals surface area contributed by atoms with Gasteiger partial charge in [-0.25, -0.2) is 4.99 Å². The lowest BCUT2D eigenvalue weighted by Crippen LogP contribution is -2.08. The molecule has 0 aliphatic carbocycles. The Morgan fingerprint density at radius 1 is 1.31 bits per heavy atom. The predicted octanol–water partition coefficient (Wildman–Crippen LogP) is 1.76. The van der Waals surface area contributed by atoms with E-state index in [0.717, 1.165) is 11.3 Å². The molecule has 0 aliphatic rings. The summed E-state index contributed by atoms with van der Waals surface area (Å²) in [6.07, 6.45) is 3.64. The fourth-order valence-electron chi connectivity index (χ4n) is 1.13. The smallest absolute Gasteiger partial charge is 0.205 e. The lowest BCUT2D eigenvalue weighted by molar-refractivity contribution is 1.13. The molecule has 16 heavy (non-hydrogen) atoms. The van der Waals surface area contributed by atoms with Gasteiger partial charge in [0.05, 0.1) is 0 Å². The highest BCUT2D eigenvalue weighted by molar-refractivity contribution is 8.13. The Morgan fingerprint density at radius 2 is 1.94 bits per heavy atom. The van der Waals surface area contributed by atoms with Crippen LogP contribution in [0.15, 0.2) is 34.4 Å². The van der Waals surface area contributed by atoms with Crippen molar-refractivity contribution in [2.75, 3.05) is 25.3 Å². The standard InChI is InChI=1S/C11H16N4S/c1-15(2)10-6-4-9(5-7-10)8-13-11(14-12)16-3/h4-8H,12H2,1-3H3. The van der Waals surface area contributed by atoms with Crippen LogP contribution < -0.4 is 10.7 Å². The molecule has 0 radical (unpaired) electrons. The van der Waals surface area contributed by atoms with E-state index in [1.807, 2.05) is 44.6 Å². The maximum absolute atomic E-state index is 5.16. The first kappa shape index (κ1) is 12.6. The van der Waals surface area contributed by atoms with Crippen LogP contribution in [0.1, 0.15) is 5.56 Å². The maximum atomic E-state index is 5.16. The highest BCUT2D eigenvalue weighted by atomic mass is 32.2. The van der Waals surface area contributed by atoms with Crippen LogP contribution in [0.4, 0.5) is 5.69 Å². The molecule has 0 aliphatic heterocycles. The quantitative estimate of drug-likeness (QED) is 0.368. The van der Waals surface area contributed by atoms with Crippen molar-refractivity contribution in [1.29, 1.82) is 0 Å². The highest BCUT2D eigenvalue weighted by Crippen LogP contribution is 2.11. The Bertz CT molecular complexity index is 381. The van der Waals surface area contributed by atoms with Crippen molar-refractivity contribution in [1.82, 2.24) is 0 Å². The first-order chi connectivity index (χ1) is 7.67. The van der Waals surface area contributed by atoms with E-state index in [4.69, 9.17) is 5.84 Å². The van der Waals surface area contributed by atoms with Gasteiger partial charge in [0.1, 0.15) is 0 Å². The number of amidine groups is 1. The highest BCUT2D eigenvalue weighted by Gasteiger charge is 1.95. The zero-order valence-electron chi connectivity index (χ0n) is 9.71. The number of nitrogens with zero attached hydrogens (tertiary/aromatic N) is 3. The zero-order chi connectivity index (χ0) is 12.0. The van der Waals surface area contributed by atoms with E-state index in [-0.39, 0.29) is 0 Å². The zero-order valence-corrected chi connectivity index (χ0v) is 10.5. The number of thioether (sulfide) groups is 1. The predicted molar refractivity (Wildman–Crippen MR) is 73.5 cm³/mol. The summed E-state index contributed by atoms with van der Waals surface area (Å²) in [7, 11) is 4.02. The number of nitrogens with two attached hydrogens (primary N) is 1. The van der Waals surface area contributed by atoms with Gasteiger partial charge in [0, 0.05) is 26.0 Å². The summed E-state index contributed by atoms with van der Waals surface area (Å²) < 4.78 is 0. The maximum Gasteiger partial charge on any atom is 0.205 e. The van der Waals surface area contributed by atoms with Crippen molar-refractivity contribution in [2.24, 2.45) is 15.9 Å². The van der Waals surface area contributed by atoms with Gasteiger partial charge in [0.25, 0.3) is 0 Å². The number of benzene rings is 1. The molecular formula is C11H16N4S. The van der Waals surface area contributed by atoms with Crippen molar-refractivity contribution in [2.45, 2.75) is 0 Å². The van der Waals surface area contributed by atoms with Gasteiger partial charge in [0.2, 0.25) is 5.17 Å². The van der Waals surface area contributed by atoms with Gasteiger partial charge >= 0.3 is 0 Å². The SMILES string of the molecule is CSC(N=Cc1ccc(N(C)C)cc1)=NN. The van der Waals surface area contributed by atoms with Crippen LogP contribution in [0.25, 0.3) is 0 Å². The Morgan fingerprint density at radius 3 is 2.38 bits per heavy atom. The van der Waals surface area contributed by atoms with Crippen LogP contribution in [0.2, 0.25) is 0 Å². The van der Waals surface area contributed by atoms with Crippen molar-refractivity contribution in [3.63, 3.8) is 0 Å². The van der Waals surface area contributed by atoms with E-state index in [2.05, 4.69) is 15.0 Å². The molecule has 0 saturated heterocycles. The summed E-state index contributed by atoms with van der Waals surface area (Å²) in [6, 6.07) is 8.10. The normalized spacial score (nSPS) is 12.1. The average Bonchev–Trinajstić information content (AvgIpc) is 2.31. The van der Waals surface area contributed by atoms with Crippen LogP contribution in [0.5, 0.6) is 0 Å². The Balaban J connectivity index is 2.76. The summed E-state index contributed by atoms with van der Waals surface area (Å²) in [4.78, 5) is 6.21. The van der Waals surface area contributed by atoms with E-state index < -0.39 is 0 Å². The molecule has 1 aromatic rings. The molecule has 0 unspecified atom stereocenters. The van der Waals surface area contributed by atoms with Crippen LogP contribution in [-0.2, 0) is 0 Å². The molecule has 86 valence electrons. The molecule has 5 heteroatoms. The summed E-state index contributed by atoms with van der Waals surface area (Å²) in [5.74, 6) is 5.16. The van der Waals surface area contributed by atoms with E-state index >= 15 is 0 Å². The lowest BCUT2D eigenvalue weighted by Gasteiger charge is -2.11. The molecule has 1 aromatic carbocycles. The minimum absolute atomic E-state index is 0.566. The summed E-state index contributed by atoms with van der Waals surface area (Å²) >= 11 is 1.42. The van der Waals surface area contributed by atoms with E-state index in [9.17, 15) is 0 Å². The van der Waals surface area contributed by atoms with Crippen LogP contribution >= 0.6 is 11.8 Å². The summed E-state index contributed by atoms with van der Waals surface area (Å²) in [5.41, 5.74) is 2.19. The van der Waals surface area contributed by atoms with Gasteiger partial charge in [-0.15, -0.1) is 0 Å². The summed E-state index contributed by atoms with van der Waals surface area (Å²) in [6.45, 7) is 0. The van der Waals surface area contributed by atoms with Crippen molar-refractivity contribution >= 4 is 28.8 Å². The van der Waals surface area contributed by atoms with E-state index in [1.165, 1.54) is 11.8 Å². The second-order valence-corrected chi connectivity index (χ2v) is 4.13. The van der Waals surface area contributed by atoms with Gasteiger partial charge < -0.3 is 10.7 Å². The van der Waals surface area contributed by atoms with Crippen molar-refractivity contribution in [3.8, 4) is 0 Å². The molecule has 0 heterocycles. The van der Waals surface area contributed by atoms with Crippen LogP contribution in [0, 0.1) is 0 Å². The monoisotopic (exact) mass is 236 g/mol. The Labute approximate surface area is 100 Å². The number of rotatable bonds is 2. The molecule has 2 N–H and O–H groups in total. The van der Waals surface area contributed by atoms with Crippen molar-refractivity contribution < 1.29 is 0 Å². The number of aliphatic imine (C=N–C) groups is 1. The van der Waals surface area contributed by atoms with Crippen LogP contribution in [0.3, 0.4) is 0 Å². The second-order valence-electron chi connectivity index (χ2n) is 3.36. The number of hydrazone groups is 1. The fourth-order valence-corrected chi connectivity index (χ4v) is 1.39. The first-order valence-electron chi connectivity index (χ1n) is 4.80. The number of anilines is 1. The third-order valence-electron chi connectivity index (χ3n) is 2.03. The molecular weight excluding hydrogens is 220 g/mol. The van der Waals surface area contributed by atoms with Gasteiger partial charge in [0.15, 0.2) is 0 Å². The van der Waals surface area contributed by atoms with Gasteiger partial charge in [-0.3, -0.25) is 0 Å². The number of hydrogen-bond donors (Lipinski definition) is 1. The topological polar surface area (TPSA) is 54.0 Å². The Hall–Kier alpha value is -1.49. The van der Waals surface area contributed by atoms with Crippen LogP contribution in [-0.4, -0.2) is 31.7 Å². The number of hydrogen-bond acceptors (Lipinski definition) is 4. The molecule has 0 amide bonds. The largest absolute Gasteiger partial charge is 0.378 e. The minimum atomic E-state index is 0.566.